The second-order valence-corrected chi connectivity index (χ2v) is 3.22. The summed E-state index contributed by atoms with van der Waals surface area (Å²) in [4.78, 5) is 2.40. The molecule has 0 aromatic rings. The molecule has 2 N–H and O–H groups in total. The average Bonchev–Trinajstić information content (AvgIpc) is 2.13. The number of rotatable bonds is 1. The van der Waals surface area contributed by atoms with E-state index in [1.165, 1.54) is 32.2 Å². The van der Waals surface area contributed by atoms with E-state index < -0.39 is 0 Å². The third-order valence-corrected chi connectivity index (χ3v) is 2.44. The summed E-state index contributed by atoms with van der Waals surface area (Å²) in [6.45, 7) is 2.07. The van der Waals surface area contributed by atoms with Crippen LogP contribution in [0.4, 0.5) is 0 Å². The highest BCUT2D eigenvalue weighted by Gasteiger charge is 2.14. The van der Waals surface area contributed by atoms with Gasteiger partial charge in [-0.3, -0.25) is 0 Å². The lowest BCUT2D eigenvalue weighted by atomic mass is 10.1. The van der Waals surface area contributed by atoms with Crippen molar-refractivity contribution in [3.8, 4) is 0 Å². The average molecular weight is 142 g/mol. The molecule has 1 saturated heterocycles. The molecule has 1 fully saturated rings. The fraction of sp³-hybridized carbons (Fsp3) is 1.00. The fourth-order valence-electron chi connectivity index (χ4n) is 1.62. The van der Waals surface area contributed by atoms with Gasteiger partial charge in [-0.1, -0.05) is 12.8 Å². The first kappa shape index (κ1) is 8.02. The van der Waals surface area contributed by atoms with E-state index >= 15 is 0 Å². The van der Waals surface area contributed by atoms with Gasteiger partial charge in [0.05, 0.1) is 0 Å². The van der Waals surface area contributed by atoms with Gasteiger partial charge in [-0.15, -0.1) is 0 Å². The molecule has 0 saturated carbocycles. The molecule has 0 radical (unpaired) electrons. The molecule has 1 atom stereocenters. The Bertz CT molecular complexity index is 93.3. The Morgan fingerprint density at radius 3 is 2.90 bits per heavy atom. The van der Waals surface area contributed by atoms with Crippen molar-refractivity contribution < 1.29 is 0 Å². The number of hydrogen-bond acceptors (Lipinski definition) is 2. The zero-order valence-electron chi connectivity index (χ0n) is 6.84. The van der Waals surface area contributed by atoms with Crippen LogP contribution in [0.3, 0.4) is 0 Å². The summed E-state index contributed by atoms with van der Waals surface area (Å²) in [5.74, 6) is 0. The Hall–Kier alpha value is -0.0800. The van der Waals surface area contributed by atoms with E-state index in [1.807, 2.05) is 0 Å². The van der Waals surface area contributed by atoms with Gasteiger partial charge in [0.1, 0.15) is 0 Å². The summed E-state index contributed by atoms with van der Waals surface area (Å²) >= 11 is 0. The SMILES string of the molecule is CN1CCCCC[C@H]1CN. The number of nitrogens with zero attached hydrogens (tertiary/aromatic N) is 1. The lowest BCUT2D eigenvalue weighted by Gasteiger charge is -2.23. The van der Waals surface area contributed by atoms with Crippen molar-refractivity contribution in [1.82, 2.24) is 4.90 Å². The maximum absolute atomic E-state index is 5.62. The molecule has 10 heavy (non-hydrogen) atoms. The van der Waals surface area contributed by atoms with Gasteiger partial charge in [0, 0.05) is 12.6 Å². The topological polar surface area (TPSA) is 29.3 Å². The van der Waals surface area contributed by atoms with Crippen molar-refractivity contribution in [2.75, 3.05) is 20.1 Å². The minimum absolute atomic E-state index is 0.655. The lowest BCUT2D eigenvalue weighted by Crippen LogP contribution is -2.36. The monoisotopic (exact) mass is 142 g/mol. The molecule has 0 amide bonds. The number of likely N-dealkylation sites (N-methyl/N-ethyl adjacent to an activating group) is 1. The Labute approximate surface area is 63.4 Å². The van der Waals surface area contributed by atoms with E-state index in [2.05, 4.69) is 11.9 Å². The van der Waals surface area contributed by atoms with Gasteiger partial charge in [0.15, 0.2) is 0 Å². The summed E-state index contributed by atoms with van der Waals surface area (Å²) in [6.07, 6.45) is 5.41. The van der Waals surface area contributed by atoms with E-state index in [4.69, 9.17) is 5.73 Å². The van der Waals surface area contributed by atoms with Crippen LogP contribution < -0.4 is 5.73 Å². The van der Waals surface area contributed by atoms with E-state index in [0.717, 1.165) is 6.54 Å². The maximum Gasteiger partial charge on any atom is 0.0215 e. The quantitative estimate of drug-likeness (QED) is 0.587. The molecule has 2 heteroatoms. The van der Waals surface area contributed by atoms with Crippen LogP contribution >= 0.6 is 0 Å². The Kier molecular flexibility index (Phi) is 3.16. The molecule has 0 aliphatic carbocycles. The molecule has 0 aromatic carbocycles. The van der Waals surface area contributed by atoms with Crippen molar-refractivity contribution in [2.45, 2.75) is 31.7 Å². The number of nitrogens with two attached hydrogens (primary N) is 1. The van der Waals surface area contributed by atoms with Crippen molar-refractivity contribution >= 4 is 0 Å². The molecule has 1 aliphatic rings. The minimum atomic E-state index is 0.655. The van der Waals surface area contributed by atoms with Crippen molar-refractivity contribution in [1.29, 1.82) is 0 Å². The van der Waals surface area contributed by atoms with Crippen LogP contribution in [0.25, 0.3) is 0 Å². The molecule has 1 rings (SSSR count). The van der Waals surface area contributed by atoms with Gasteiger partial charge in [0.25, 0.3) is 0 Å². The van der Waals surface area contributed by atoms with Gasteiger partial charge < -0.3 is 10.6 Å². The molecule has 0 bridgehead atoms. The van der Waals surface area contributed by atoms with E-state index in [0.29, 0.717) is 6.04 Å². The second kappa shape index (κ2) is 3.94. The van der Waals surface area contributed by atoms with Crippen LogP contribution in [-0.4, -0.2) is 31.1 Å². The standard InChI is InChI=1S/C8H18N2/c1-10-6-4-2-3-5-8(10)7-9/h8H,2-7,9H2,1H3/t8-/m0/s1. The van der Waals surface area contributed by atoms with Gasteiger partial charge in [0.2, 0.25) is 0 Å². The summed E-state index contributed by atoms with van der Waals surface area (Å²) in [5.41, 5.74) is 5.62. The zero-order chi connectivity index (χ0) is 7.40. The van der Waals surface area contributed by atoms with Gasteiger partial charge in [-0.25, -0.2) is 0 Å². The normalized spacial score (nSPS) is 30.0. The summed E-state index contributed by atoms with van der Waals surface area (Å²) in [6, 6.07) is 0.655. The molecule has 2 nitrogen and oxygen atoms in total. The second-order valence-electron chi connectivity index (χ2n) is 3.22. The lowest BCUT2D eigenvalue weighted by molar-refractivity contribution is 0.252. The van der Waals surface area contributed by atoms with E-state index in [9.17, 15) is 0 Å². The van der Waals surface area contributed by atoms with Crippen LogP contribution in [0.5, 0.6) is 0 Å². The van der Waals surface area contributed by atoms with Crippen molar-refractivity contribution in [2.24, 2.45) is 5.73 Å². The number of likely N-dealkylation sites (tertiary alicyclic amines) is 1. The zero-order valence-corrected chi connectivity index (χ0v) is 6.84. The fourth-order valence-corrected chi connectivity index (χ4v) is 1.62. The predicted molar refractivity (Wildman–Crippen MR) is 43.9 cm³/mol. The summed E-state index contributed by atoms with van der Waals surface area (Å²) in [5, 5.41) is 0. The highest BCUT2D eigenvalue weighted by Crippen LogP contribution is 2.13. The molecule has 0 unspecified atom stereocenters. The first-order chi connectivity index (χ1) is 4.84. The third-order valence-electron chi connectivity index (χ3n) is 2.44. The minimum Gasteiger partial charge on any atom is -0.329 e. The molecule has 60 valence electrons. The van der Waals surface area contributed by atoms with Gasteiger partial charge in [-0.05, 0) is 26.4 Å². The maximum atomic E-state index is 5.62. The largest absolute Gasteiger partial charge is 0.329 e. The highest BCUT2D eigenvalue weighted by atomic mass is 15.1. The highest BCUT2D eigenvalue weighted by molar-refractivity contribution is 4.72. The van der Waals surface area contributed by atoms with Crippen LogP contribution in [0.2, 0.25) is 0 Å². The van der Waals surface area contributed by atoms with Gasteiger partial charge in [-0.2, -0.15) is 0 Å². The number of hydrogen-bond donors (Lipinski definition) is 1. The Morgan fingerprint density at radius 1 is 1.40 bits per heavy atom. The molecule has 1 heterocycles. The van der Waals surface area contributed by atoms with Crippen LogP contribution in [0.15, 0.2) is 0 Å². The molecule has 0 spiro atoms. The summed E-state index contributed by atoms with van der Waals surface area (Å²) < 4.78 is 0. The Balaban J connectivity index is 2.35. The third kappa shape index (κ3) is 1.96. The molecule has 0 aromatic heterocycles. The van der Waals surface area contributed by atoms with E-state index in [-0.39, 0.29) is 0 Å². The van der Waals surface area contributed by atoms with Crippen LogP contribution in [0, 0.1) is 0 Å². The molecule has 1 aliphatic heterocycles. The van der Waals surface area contributed by atoms with Crippen LogP contribution in [-0.2, 0) is 0 Å². The first-order valence-electron chi connectivity index (χ1n) is 4.25. The van der Waals surface area contributed by atoms with Crippen LogP contribution in [0.1, 0.15) is 25.7 Å². The Morgan fingerprint density at radius 2 is 2.20 bits per heavy atom. The molecular weight excluding hydrogens is 124 g/mol. The smallest absolute Gasteiger partial charge is 0.0215 e. The van der Waals surface area contributed by atoms with Crippen molar-refractivity contribution in [3.05, 3.63) is 0 Å². The van der Waals surface area contributed by atoms with Crippen molar-refractivity contribution in [3.63, 3.8) is 0 Å². The summed E-state index contributed by atoms with van der Waals surface area (Å²) in [7, 11) is 2.18. The van der Waals surface area contributed by atoms with Gasteiger partial charge >= 0.3 is 0 Å². The molecular formula is C8H18N2. The first-order valence-corrected chi connectivity index (χ1v) is 4.25. The predicted octanol–water partition coefficient (Wildman–Crippen LogP) is 0.820. The van der Waals surface area contributed by atoms with E-state index in [1.54, 1.807) is 0 Å².